The highest BCUT2D eigenvalue weighted by molar-refractivity contribution is 6.04. The number of para-hydroxylation sites is 1. The number of hydrogen-bond acceptors (Lipinski definition) is 3. The molecule has 0 unspecified atom stereocenters. The van der Waals surface area contributed by atoms with Gasteiger partial charge in [0.25, 0.3) is 0 Å². The third-order valence-electron chi connectivity index (χ3n) is 4.81. The predicted molar refractivity (Wildman–Crippen MR) is 94.8 cm³/mol. The monoisotopic (exact) mass is 334 g/mol. The fraction of sp³-hybridized carbons (Fsp3) is 0.250. The van der Waals surface area contributed by atoms with Crippen LogP contribution in [0.1, 0.15) is 34.3 Å². The summed E-state index contributed by atoms with van der Waals surface area (Å²) < 4.78 is 0. The maximum absolute atomic E-state index is 12.5. The lowest BCUT2D eigenvalue weighted by Gasteiger charge is -2.17. The van der Waals surface area contributed by atoms with Crippen LogP contribution in [0.3, 0.4) is 0 Å². The van der Waals surface area contributed by atoms with Crippen molar-refractivity contribution >= 4 is 29.0 Å². The van der Waals surface area contributed by atoms with E-state index in [1.165, 1.54) is 5.56 Å². The normalized spacial score (nSPS) is 14.9. The molecule has 0 saturated carbocycles. The molecule has 5 nitrogen and oxygen atoms in total. The Morgan fingerprint density at radius 1 is 1.04 bits per heavy atom. The minimum absolute atomic E-state index is 0.0173. The average molecular weight is 334 g/mol. The van der Waals surface area contributed by atoms with Gasteiger partial charge in [0.05, 0.1) is 6.42 Å². The Kier molecular flexibility index (Phi) is 3.84. The maximum Gasteiger partial charge on any atom is 0.228 e. The second-order valence-electron chi connectivity index (χ2n) is 6.44. The van der Waals surface area contributed by atoms with E-state index in [1.807, 2.05) is 24.3 Å². The van der Waals surface area contributed by atoms with Gasteiger partial charge in [-0.05, 0) is 41.8 Å². The van der Waals surface area contributed by atoms with Crippen LogP contribution in [-0.4, -0.2) is 24.1 Å². The van der Waals surface area contributed by atoms with Crippen molar-refractivity contribution in [3.05, 3.63) is 59.2 Å². The third kappa shape index (κ3) is 2.93. The van der Waals surface area contributed by atoms with Crippen molar-refractivity contribution in [1.29, 1.82) is 0 Å². The fourth-order valence-electron chi connectivity index (χ4n) is 3.50. The van der Waals surface area contributed by atoms with Crippen molar-refractivity contribution in [3.8, 4) is 0 Å². The molecule has 0 fully saturated rings. The predicted octanol–water partition coefficient (Wildman–Crippen LogP) is 2.73. The molecule has 0 aliphatic carbocycles. The summed E-state index contributed by atoms with van der Waals surface area (Å²) >= 11 is 0. The Labute approximate surface area is 145 Å². The number of anilines is 2. The Balaban J connectivity index is 1.40. The highest BCUT2D eigenvalue weighted by Gasteiger charge is 2.25. The molecule has 4 rings (SSSR count). The van der Waals surface area contributed by atoms with E-state index >= 15 is 0 Å². The van der Waals surface area contributed by atoms with Gasteiger partial charge in [-0.15, -0.1) is 0 Å². The molecule has 2 heterocycles. The molecule has 2 amide bonds. The topological polar surface area (TPSA) is 66.5 Å². The first-order chi connectivity index (χ1) is 12.1. The lowest BCUT2D eigenvalue weighted by atomic mass is 10.0. The first-order valence-electron chi connectivity index (χ1n) is 8.46. The van der Waals surface area contributed by atoms with Crippen LogP contribution < -0.4 is 10.2 Å². The van der Waals surface area contributed by atoms with E-state index in [4.69, 9.17) is 0 Å². The molecule has 2 aromatic carbocycles. The Morgan fingerprint density at radius 2 is 1.88 bits per heavy atom. The van der Waals surface area contributed by atoms with Crippen LogP contribution in [0.5, 0.6) is 0 Å². The van der Waals surface area contributed by atoms with Crippen molar-refractivity contribution < 1.29 is 14.4 Å². The van der Waals surface area contributed by atoms with Crippen LogP contribution in [0, 0.1) is 0 Å². The lowest BCUT2D eigenvalue weighted by molar-refractivity contribution is -0.118. The standard InChI is InChI=1S/C20H18N2O3/c23-18(14-5-6-16-15(11-14)12-19(24)21-16)7-8-20(25)22-10-9-13-3-1-2-4-17(13)22/h1-6,11H,7-10,12H2,(H,21,24). The summed E-state index contributed by atoms with van der Waals surface area (Å²) in [7, 11) is 0. The van der Waals surface area contributed by atoms with E-state index in [9.17, 15) is 14.4 Å². The van der Waals surface area contributed by atoms with Gasteiger partial charge in [0, 0.05) is 36.3 Å². The van der Waals surface area contributed by atoms with Gasteiger partial charge in [-0.2, -0.15) is 0 Å². The first kappa shape index (κ1) is 15.6. The summed E-state index contributed by atoms with van der Waals surface area (Å²) in [5.74, 6) is -0.137. The van der Waals surface area contributed by atoms with Gasteiger partial charge in [0.2, 0.25) is 11.8 Å². The zero-order valence-corrected chi connectivity index (χ0v) is 13.7. The van der Waals surface area contributed by atoms with Gasteiger partial charge >= 0.3 is 0 Å². The van der Waals surface area contributed by atoms with E-state index < -0.39 is 0 Å². The van der Waals surface area contributed by atoms with Crippen LogP contribution in [0.4, 0.5) is 11.4 Å². The second-order valence-corrected chi connectivity index (χ2v) is 6.44. The summed E-state index contributed by atoms with van der Waals surface area (Å²) in [6.07, 6.45) is 1.54. The molecule has 0 aromatic heterocycles. The minimum atomic E-state index is -0.0667. The molecule has 126 valence electrons. The average Bonchev–Trinajstić information content (AvgIpc) is 3.21. The number of amides is 2. The van der Waals surface area contributed by atoms with Crippen LogP contribution >= 0.6 is 0 Å². The van der Waals surface area contributed by atoms with Crippen molar-refractivity contribution in [2.75, 3.05) is 16.8 Å². The first-order valence-corrected chi connectivity index (χ1v) is 8.46. The van der Waals surface area contributed by atoms with Gasteiger partial charge in [0.1, 0.15) is 0 Å². The molecule has 25 heavy (non-hydrogen) atoms. The maximum atomic E-state index is 12.5. The molecule has 0 radical (unpaired) electrons. The molecule has 0 spiro atoms. The molecule has 2 aromatic rings. The highest BCUT2D eigenvalue weighted by Crippen LogP contribution is 2.28. The van der Waals surface area contributed by atoms with Gasteiger partial charge in [-0.25, -0.2) is 0 Å². The molecule has 2 aliphatic heterocycles. The Morgan fingerprint density at radius 3 is 2.76 bits per heavy atom. The second kappa shape index (κ2) is 6.16. The van der Waals surface area contributed by atoms with Crippen molar-refractivity contribution in [3.63, 3.8) is 0 Å². The SMILES string of the molecule is O=C1Cc2cc(C(=O)CCC(=O)N3CCc4ccccc43)ccc2N1. The number of Topliss-reactive ketones (excluding diaryl/α,β-unsaturated/α-hetero) is 1. The largest absolute Gasteiger partial charge is 0.326 e. The van der Waals surface area contributed by atoms with E-state index in [-0.39, 0.29) is 30.4 Å². The van der Waals surface area contributed by atoms with E-state index in [1.54, 1.807) is 23.1 Å². The van der Waals surface area contributed by atoms with Gasteiger partial charge in [0.15, 0.2) is 5.78 Å². The third-order valence-corrected chi connectivity index (χ3v) is 4.81. The number of fused-ring (bicyclic) bond motifs is 2. The van der Waals surface area contributed by atoms with Gasteiger partial charge in [-0.1, -0.05) is 18.2 Å². The quantitative estimate of drug-likeness (QED) is 0.874. The number of benzene rings is 2. The van der Waals surface area contributed by atoms with Gasteiger partial charge in [-0.3, -0.25) is 14.4 Å². The number of hydrogen-bond donors (Lipinski definition) is 1. The number of nitrogens with one attached hydrogen (secondary N) is 1. The van der Waals surface area contributed by atoms with E-state index in [2.05, 4.69) is 5.32 Å². The molecular formula is C20H18N2O3. The fourth-order valence-corrected chi connectivity index (χ4v) is 3.50. The Hall–Kier alpha value is -2.95. The summed E-state index contributed by atoms with van der Waals surface area (Å²) in [6.45, 7) is 0.680. The summed E-state index contributed by atoms with van der Waals surface area (Å²) in [5, 5.41) is 2.75. The molecule has 1 N–H and O–H groups in total. The number of ketones is 1. The van der Waals surface area contributed by atoms with E-state index in [0.29, 0.717) is 18.5 Å². The minimum Gasteiger partial charge on any atom is -0.326 e. The van der Waals surface area contributed by atoms with Crippen LogP contribution in [0.15, 0.2) is 42.5 Å². The lowest BCUT2D eigenvalue weighted by Crippen LogP contribution is -2.29. The van der Waals surface area contributed by atoms with Crippen LogP contribution in [-0.2, 0) is 22.4 Å². The summed E-state index contributed by atoms with van der Waals surface area (Å²) in [6, 6.07) is 13.1. The zero-order chi connectivity index (χ0) is 17.4. The molecular weight excluding hydrogens is 316 g/mol. The number of carbonyl (C=O) groups excluding carboxylic acids is 3. The molecule has 0 bridgehead atoms. The summed E-state index contributed by atoms with van der Waals surface area (Å²) in [5.41, 5.74) is 4.31. The van der Waals surface area contributed by atoms with Crippen molar-refractivity contribution in [2.24, 2.45) is 0 Å². The zero-order valence-electron chi connectivity index (χ0n) is 13.7. The Bertz CT molecular complexity index is 888. The van der Waals surface area contributed by atoms with Gasteiger partial charge < -0.3 is 10.2 Å². The van der Waals surface area contributed by atoms with Crippen molar-refractivity contribution in [1.82, 2.24) is 0 Å². The number of carbonyl (C=O) groups is 3. The highest BCUT2D eigenvalue weighted by atomic mass is 16.2. The molecule has 0 atom stereocenters. The smallest absolute Gasteiger partial charge is 0.228 e. The number of nitrogens with zero attached hydrogens (tertiary/aromatic N) is 1. The van der Waals surface area contributed by atoms with Crippen molar-refractivity contribution in [2.45, 2.75) is 25.7 Å². The van der Waals surface area contributed by atoms with E-state index in [0.717, 1.165) is 23.4 Å². The van der Waals surface area contributed by atoms with Crippen LogP contribution in [0.25, 0.3) is 0 Å². The summed E-state index contributed by atoms with van der Waals surface area (Å²) in [4.78, 5) is 38.1. The molecule has 5 heteroatoms. The van der Waals surface area contributed by atoms with Crippen LogP contribution in [0.2, 0.25) is 0 Å². The molecule has 2 aliphatic rings. The molecule has 0 saturated heterocycles. The number of rotatable bonds is 4.